The number of halogens is 3. The summed E-state index contributed by atoms with van der Waals surface area (Å²) in [5, 5.41) is 7.55. The van der Waals surface area contributed by atoms with Gasteiger partial charge in [-0.25, -0.2) is 4.21 Å². The van der Waals surface area contributed by atoms with Gasteiger partial charge in [0.25, 0.3) is 0 Å². The van der Waals surface area contributed by atoms with Crippen LogP contribution in [0.3, 0.4) is 0 Å². The van der Waals surface area contributed by atoms with Crippen LogP contribution >= 0.6 is 0 Å². The highest BCUT2D eigenvalue weighted by Gasteiger charge is 2.40. The zero-order chi connectivity index (χ0) is 19.3. The van der Waals surface area contributed by atoms with Crippen LogP contribution in [0.2, 0.25) is 0 Å². The van der Waals surface area contributed by atoms with E-state index in [0.29, 0.717) is 5.56 Å². The number of hydrogen-bond acceptors (Lipinski definition) is 7. The second kappa shape index (κ2) is 8.30. The van der Waals surface area contributed by atoms with Crippen molar-refractivity contribution in [1.29, 1.82) is 0 Å². The molecule has 2 aromatic rings. The van der Waals surface area contributed by atoms with Crippen LogP contribution in [0.15, 0.2) is 28.7 Å². The van der Waals surface area contributed by atoms with Crippen molar-refractivity contribution in [2.75, 3.05) is 6.61 Å². The second-order valence-corrected chi connectivity index (χ2v) is 6.16. The van der Waals surface area contributed by atoms with E-state index in [-0.39, 0.29) is 30.6 Å². The van der Waals surface area contributed by atoms with E-state index < -0.39 is 28.5 Å². The Hall–Kier alpha value is -2.43. The van der Waals surface area contributed by atoms with E-state index in [9.17, 15) is 22.2 Å². The number of nitrogens with zero attached hydrogens (tertiary/aromatic N) is 2. The molecule has 0 aliphatic carbocycles. The van der Waals surface area contributed by atoms with Crippen LogP contribution in [-0.2, 0) is 20.6 Å². The van der Waals surface area contributed by atoms with Crippen molar-refractivity contribution in [3.05, 3.63) is 41.6 Å². The molecule has 1 aromatic carbocycles. The lowest BCUT2D eigenvalue weighted by Crippen LogP contribution is -2.21. The first-order chi connectivity index (χ1) is 12.2. The highest BCUT2D eigenvalue weighted by molar-refractivity contribution is 7.81. The number of benzene rings is 1. The summed E-state index contributed by atoms with van der Waals surface area (Å²) < 4.78 is 63.0. The van der Waals surface area contributed by atoms with Gasteiger partial charge in [0.15, 0.2) is 0 Å². The van der Waals surface area contributed by atoms with Crippen LogP contribution in [0, 0.1) is 6.92 Å². The molecule has 1 aromatic heterocycles. The molecule has 0 saturated carbocycles. The summed E-state index contributed by atoms with van der Waals surface area (Å²) in [4.78, 5) is 11.9. The molecule has 11 heteroatoms. The number of alkyl halides is 3. The summed E-state index contributed by atoms with van der Waals surface area (Å²) in [6, 6.07) is 5.40. The van der Waals surface area contributed by atoms with Crippen LogP contribution in [0.5, 0.6) is 5.75 Å². The number of ether oxygens (including phenoxy) is 1. The largest absolute Gasteiger partial charge is 0.508 e. The zero-order valence-corrected chi connectivity index (χ0v) is 14.6. The number of hydrogen-bond donors (Lipinski definition) is 0. The summed E-state index contributed by atoms with van der Waals surface area (Å²) in [5.74, 6) is -1.20. The molecule has 0 radical (unpaired) electrons. The summed E-state index contributed by atoms with van der Waals surface area (Å²) in [6.07, 6.45) is -0.165. The monoisotopic (exact) mass is 392 g/mol. The van der Waals surface area contributed by atoms with Crippen molar-refractivity contribution in [2.45, 2.75) is 31.7 Å². The van der Waals surface area contributed by atoms with Crippen molar-refractivity contribution in [1.82, 2.24) is 10.2 Å². The molecule has 0 bridgehead atoms. The molecule has 26 heavy (non-hydrogen) atoms. The van der Waals surface area contributed by atoms with E-state index in [1.165, 1.54) is 18.2 Å². The highest BCUT2D eigenvalue weighted by atomic mass is 32.2. The van der Waals surface area contributed by atoms with Crippen molar-refractivity contribution in [3.8, 4) is 5.75 Å². The number of esters is 1. The predicted molar refractivity (Wildman–Crippen MR) is 83.4 cm³/mol. The smallest absolute Gasteiger partial charge is 0.466 e. The number of aromatic nitrogens is 2. The van der Waals surface area contributed by atoms with Gasteiger partial charge in [0.05, 0.1) is 18.9 Å². The Morgan fingerprint density at radius 3 is 2.65 bits per heavy atom. The predicted octanol–water partition coefficient (Wildman–Crippen LogP) is 3.03. The van der Waals surface area contributed by atoms with Crippen molar-refractivity contribution in [3.63, 3.8) is 0 Å². The fourth-order valence-corrected chi connectivity index (χ4v) is 2.48. The molecule has 2 unspecified atom stereocenters. The minimum Gasteiger partial charge on any atom is -0.466 e. The quantitative estimate of drug-likeness (QED) is 0.669. The molecule has 2 atom stereocenters. The minimum absolute atomic E-state index is 0.102. The van der Waals surface area contributed by atoms with Gasteiger partial charge in [-0.15, -0.1) is 10.2 Å². The Kier molecular flexibility index (Phi) is 6.35. The molecule has 0 amide bonds. The molecule has 0 saturated heterocycles. The second-order valence-electron chi connectivity index (χ2n) is 5.06. The molecule has 142 valence electrons. The van der Waals surface area contributed by atoms with Crippen LogP contribution in [0.1, 0.15) is 36.6 Å². The summed E-state index contributed by atoms with van der Waals surface area (Å²) in [5.41, 5.74) is -4.64. The van der Waals surface area contributed by atoms with E-state index in [0.717, 1.165) is 0 Å². The Morgan fingerprint density at radius 1 is 1.35 bits per heavy atom. The summed E-state index contributed by atoms with van der Waals surface area (Å²) in [7, 11) is 0. The first kappa shape index (κ1) is 19.9. The van der Waals surface area contributed by atoms with Gasteiger partial charge in [0.2, 0.25) is 11.8 Å². The van der Waals surface area contributed by atoms with Crippen LogP contribution < -0.4 is 4.18 Å². The first-order valence-electron chi connectivity index (χ1n) is 7.43. The lowest BCUT2D eigenvalue weighted by Gasteiger charge is -2.14. The molecule has 0 fully saturated rings. The van der Waals surface area contributed by atoms with E-state index in [2.05, 4.69) is 14.4 Å². The first-order valence-corrected chi connectivity index (χ1v) is 8.50. The van der Waals surface area contributed by atoms with Crippen LogP contribution in [-0.4, -0.2) is 32.5 Å². The summed E-state index contributed by atoms with van der Waals surface area (Å²) in [6.45, 7) is 3.37. The number of carbonyl (C=O) groups is 1. The number of carbonyl (C=O) groups excluding carboxylic acids is 1. The SMILES string of the molecule is CCOC(=O)CC(c1cccc(OS(=O)C(F)(F)F)c1)c1nnc(C)o1. The van der Waals surface area contributed by atoms with Gasteiger partial charge in [-0.3, -0.25) is 4.79 Å². The standard InChI is InChI=1S/C15H15F3N2O5S/c1-3-23-13(21)8-12(14-20-19-9(2)24-14)10-5-4-6-11(7-10)25-26(22)15(16,17)18/h4-7,12H,3,8H2,1-2H3. The van der Waals surface area contributed by atoms with Gasteiger partial charge in [-0.05, 0) is 24.6 Å². The molecule has 0 spiro atoms. The normalized spacial score (nSPS) is 13.9. The topological polar surface area (TPSA) is 91.5 Å². The van der Waals surface area contributed by atoms with E-state index in [1.54, 1.807) is 19.9 Å². The highest BCUT2D eigenvalue weighted by Crippen LogP contribution is 2.31. The van der Waals surface area contributed by atoms with E-state index in [4.69, 9.17) is 9.15 Å². The van der Waals surface area contributed by atoms with Gasteiger partial charge in [0.1, 0.15) is 5.75 Å². The van der Waals surface area contributed by atoms with Gasteiger partial charge in [0, 0.05) is 6.92 Å². The number of aryl methyl sites for hydroxylation is 1. The van der Waals surface area contributed by atoms with Gasteiger partial charge in [-0.2, -0.15) is 13.2 Å². The minimum atomic E-state index is -5.01. The maximum atomic E-state index is 12.4. The Morgan fingerprint density at radius 2 is 2.08 bits per heavy atom. The molecular formula is C15H15F3N2O5S. The molecule has 7 nitrogen and oxygen atoms in total. The Balaban J connectivity index is 2.31. The molecule has 0 N–H and O–H groups in total. The van der Waals surface area contributed by atoms with Gasteiger partial charge < -0.3 is 13.3 Å². The van der Waals surface area contributed by atoms with Gasteiger partial charge in [-0.1, -0.05) is 12.1 Å². The fraction of sp³-hybridized carbons (Fsp3) is 0.400. The van der Waals surface area contributed by atoms with Crippen molar-refractivity contribution in [2.24, 2.45) is 0 Å². The van der Waals surface area contributed by atoms with Crippen molar-refractivity contribution < 1.29 is 35.5 Å². The average Bonchev–Trinajstić information content (AvgIpc) is 2.98. The molecule has 0 aliphatic heterocycles. The van der Waals surface area contributed by atoms with Crippen molar-refractivity contribution >= 4 is 17.0 Å². The third-order valence-electron chi connectivity index (χ3n) is 3.14. The Bertz CT molecular complexity index is 794. The molecule has 1 heterocycles. The maximum absolute atomic E-state index is 12.4. The summed E-state index contributed by atoms with van der Waals surface area (Å²) >= 11 is -3.51. The van der Waals surface area contributed by atoms with E-state index >= 15 is 0 Å². The maximum Gasteiger partial charge on any atom is 0.508 e. The fourth-order valence-electron chi connectivity index (χ4n) is 2.10. The average molecular weight is 392 g/mol. The lowest BCUT2D eigenvalue weighted by atomic mass is 9.95. The Labute approximate surface area is 149 Å². The zero-order valence-electron chi connectivity index (χ0n) is 13.8. The molecular weight excluding hydrogens is 377 g/mol. The third kappa shape index (κ3) is 5.28. The van der Waals surface area contributed by atoms with Gasteiger partial charge >= 0.3 is 22.6 Å². The third-order valence-corrected chi connectivity index (χ3v) is 3.86. The molecule has 2 rings (SSSR count). The van der Waals surface area contributed by atoms with E-state index in [1.807, 2.05) is 0 Å². The van der Waals surface area contributed by atoms with Crippen LogP contribution in [0.4, 0.5) is 13.2 Å². The lowest BCUT2D eigenvalue weighted by molar-refractivity contribution is -0.143. The number of rotatable bonds is 7. The van der Waals surface area contributed by atoms with Crippen LogP contribution in [0.25, 0.3) is 0 Å². The molecule has 0 aliphatic rings.